The third-order valence-electron chi connectivity index (χ3n) is 0.934. The molecule has 0 radical (unpaired) electrons. The zero-order valence-corrected chi connectivity index (χ0v) is 7.74. The smallest absolute Gasteiger partial charge is 0.368 e. The van der Waals surface area contributed by atoms with E-state index in [4.69, 9.17) is 10.2 Å². The Hall–Kier alpha value is -0.470. The Labute approximate surface area is 76.7 Å². The van der Waals surface area contributed by atoms with Crippen LogP contribution in [-0.4, -0.2) is 38.1 Å². The van der Waals surface area contributed by atoms with Crippen LogP contribution in [-0.2, 0) is 18.8 Å². The van der Waals surface area contributed by atoms with Gasteiger partial charge in [0.2, 0.25) is 0 Å². The summed E-state index contributed by atoms with van der Waals surface area (Å²) in [5.41, 5.74) is 0. The fraction of sp³-hybridized carbons (Fsp3) is 0.667. The summed E-state index contributed by atoms with van der Waals surface area (Å²) < 4.78 is 29.9. The molecule has 0 saturated heterocycles. The molecular formula is C6H12O6S. The molecule has 0 spiro atoms. The number of hydrogen-bond donors (Lipinski definition) is 2. The van der Waals surface area contributed by atoms with Gasteiger partial charge in [-0.25, -0.2) is 8.37 Å². The van der Waals surface area contributed by atoms with E-state index in [2.05, 4.69) is 14.9 Å². The molecule has 0 aliphatic carbocycles. The first kappa shape index (κ1) is 12.5. The lowest BCUT2D eigenvalue weighted by Gasteiger charge is -2.04. The van der Waals surface area contributed by atoms with Gasteiger partial charge in [0.05, 0.1) is 13.2 Å². The van der Waals surface area contributed by atoms with E-state index in [9.17, 15) is 8.42 Å². The Balaban J connectivity index is 3.70. The maximum atomic E-state index is 10.7. The summed E-state index contributed by atoms with van der Waals surface area (Å²) in [5, 5.41) is 16.7. The van der Waals surface area contributed by atoms with Gasteiger partial charge in [0.15, 0.2) is 6.29 Å². The first-order chi connectivity index (χ1) is 5.98. The minimum absolute atomic E-state index is 0.177. The Morgan fingerprint density at radius 3 is 2.46 bits per heavy atom. The fourth-order valence-electron chi connectivity index (χ4n) is 0.421. The van der Waals surface area contributed by atoms with Crippen molar-refractivity contribution in [1.82, 2.24) is 0 Å². The molecule has 0 aromatic heterocycles. The Kier molecular flexibility index (Phi) is 5.84. The van der Waals surface area contributed by atoms with Gasteiger partial charge in [0.25, 0.3) is 0 Å². The maximum Gasteiger partial charge on any atom is 0.400 e. The van der Waals surface area contributed by atoms with E-state index in [0.717, 1.165) is 0 Å². The molecule has 0 atom stereocenters. The van der Waals surface area contributed by atoms with Crippen molar-refractivity contribution in [2.45, 2.75) is 12.7 Å². The molecule has 0 fully saturated rings. The van der Waals surface area contributed by atoms with Crippen LogP contribution in [0.1, 0.15) is 6.42 Å². The van der Waals surface area contributed by atoms with Crippen molar-refractivity contribution < 1.29 is 27.0 Å². The van der Waals surface area contributed by atoms with Crippen LogP contribution < -0.4 is 0 Å². The van der Waals surface area contributed by atoms with Gasteiger partial charge < -0.3 is 10.2 Å². The van der Waals surface area contributed by atoms with E-state index in [-0.39, 0.29) is 19.6 Å². The SMILES string of the molecule is C=CCOS(=O)(=O)OCCC(O)O. The molecule has 13 heavy (non-hydrogen) atoms. The van der Waals surface area contributed by atoms with Crippen LogP contribution in [0, 0.1) is 0 Å². The highest BCUT2D eigenvalue weighted by molar-refractivity contribution is 7.81. The second-order valence-corrected chi connectivity index (χ2v) is 3.36. The van der Waals surface area contributed by atoms with Crippen molar-refractivity contribution in [1.29, 1.82) is 0 Å². The summed E-state index contributed by atoms with van der Waals surface area (Å²) in [5.74, 6) is 0. The van der Waals surface area contributed by atoms with Gasteiger partial charge in [-0.1, -0.05) is 6.08 Å². The van der Waals surface area contributed by atoms with Gasteiger partial charge in [-0.3, -0.25) is 0 Å². The van der Waals surface area contributed by atoms with E-state index in [1.807, 2.05) is 0 Å². The average Bonchev–Trinajstić information content (AvgIpc) is 2.00. The number of rotatable bonds is 7. The van der Waals surface area contributed by atoms with Crippen molar-refractivity contribution in [3.63, 3.8) is 0 Å². The molecule has 0 aromatic rings. The predicted octanol–water partition coefficient (Wildman–Crippen LogP) is -0.849. The summed E-state index contributed by atoms with van der Waals surface area (Å²) in [6, 6.07) is 0. The minimum atomic E-state index is -4.03. The van der Waals surface area contributed by atoms with Crippen molar-refractivity contribution in [3.8, 4) is 0 Å². The zero-order chi connectivity index (χ0) is 10.3. The number of aliphatic hydroxyl groups is 2. The Morgan fingerprint density at radius 1 is 1.38 bits per heavy atom. The van der Waals surface area contributed by atoms with Gasteiger partial charge in [0, 0.05) is 6.42 Å². The summed E-state index contributed by atoms with van der Waals surface area (Å²) in [4.78, 5) is 0. The van der Waals surface area contributed by atoms with Gasteiger partial charge in [-0.05, 0) is 0 Å². The molecule has 2 N–H and O–H groups in total. The molecule has 7 heteroatoms. The van der Waals surface area contributed by atoms with Crippen LogP contribution in [0.4, 0.5) is 0 Å². The summed E-state index contributed by atoms with van der Waals surface area (Å²) >= 11 is 0. The van der Waals surface area contributed by atoms with E-state index in [0.29, 0.717) is 0 Å². The number of aliphatic hydroxyl groups excluding tert-OH is 1. The normalized spacial score (nSPS) is 11.9. The monoisotopic (exact) mass is 212 g/mol. The third kappa shape index (κ3) is 7.88. The van der Waals surface area contributed by atoms with E-state index in [1.165, 1.54) is 6.08 Å². The highest BCUT2D eigenvalue weighted by Gasteiger charge is 2.11. The van der Waals surface area contributed by atoms with Crippen LogP contribution >= 0.6 is 0 Å². The molecule has 0 saturated carbocycles. The van der Waals surface area contributed by atoms with Crippen LogP contribution in [0.15, 0.2) is 12.7 Å². The van der Waals surface area contributed by atoms with Crippen molar-refractivity contribution in [3.05, 3.63) is 12.7 Å². The molecule has 0 aliphatic heterocycles. The van der Waals surface area contributed by atoms with E-state index >= 15 is 0 Å². The molecular weight excluding hydrogens is 200 g/mol. The van der Waals surface area contributed by atoms with Crippen molar-refractivity contribution in [2.75, 3.05) is 13.2 Å². The van der Waals surface area contributed by atoms with Gasteiger partial charge in [0.1, 0.15) is 0 Å². The van der Waals surface area contributed by atoms with Crippen LogP contribution in [0.25, 0.3) is 0 Å². The third-order valence-corrected chi connectivity index (χ3v) is 1.81. The second-order valence-electron chi connectivity index (χ2n) is 2.07. The van der Waals surface area contributed by atoms with Crippen LogP contribution in [0.5, 0.6) is 0 Å². The molecule has 0 bridgehead atoms. The summed E-state index contributed by atoms with van der Waals surface area (Å²) in [7, 11) is -4.03. The van der Waals surface area contributed by atoms with Gasteiger partial charge in [-0.15, -0.1) is 6.58 Å². The molecule has 0 amide bonds. The molecule has 0 rings (SSSR count). The fourth-order valence-corrected chi connectivity index (χ4v) is 1.05. The van der Waals surface area contributed by atoms with Crippen molar-refractivity contribution >= 4 is 10.4 Å². The van der Waals surface area contributed by atoms with E-state index in [1.54, 1.807) is 0 Å². The Bertz CT molecular complexity index is 232. The lowest BCUT2D eigenvalue weighted by atomic mass is 10.5. The highest BCUT2D eigenvalue weighted by Crippen LogP contribution is 1.98. The average molecular weight is 212 g/mol. The van der Waals surface area contributed by atoms with Crippen molar-refractivity contribution in [2.24, 2.45) is 0 Å². The topological polar surface area (TPSA) is 93.1 Å². The zero-order valence-electron chi connectivity index (χ0n) is 6.92. The summed E-state index contributed by atoms with van der Waals surface area (Å²) in [6.45, 7) is 2.73. The summed E-state index contributed by atoms with van der Waals surface area (Å²) in [6.07, 6.45) is -0.534. The quantitative estimate of drug-likeness (QED) is 0.422. The molecule has 0 heterocycles. The number of hydrogen-bond acceptors (Lipinski definition) is 6. The molecule has 0 aromatic carbocycles. The Morgan fingerprint density at radius 2 is 2.00 bits per heavy atom. The lowest BCUT2D eigenvalue weighted by molar-refractivity contribution is -0.0522. The predicted molar refractivity (Wildman–Crippen MR) is 43.9 cm³/mol. The second kappa shape index (κ2) is 6.06. The molecule has 78 valence electrons. The lowest BCUT2D eigenvalue weighted by Crippen LogP contribution is -2.15. The standard InChI is InChI=1S/C6H12O6S/c1-2-4-11-13(9,10)12-5-3-6(7)8/h2,6-8H,1,3-5H2. The first-order valence-electron chi connectivity index (χ1n) is 3.49. The maximum absolute atomic E-state index is 10.7. The van der Waals surface area contributed by atoms with Gasteiger partial charge in [-0.2, -0.15) is 8.42 Å². The molecule has 0 unspecified atom stereocenters. The van der Waals surface area contributed by atoms with E-state index < -0.39 is 16.7 Å². The highest BCUT2D eigenvalue weighted by atomic mass is 32.3. The van der Waals surface area contributed by atoms with Crippen LogP contribution in [0.3, 0.4) is 0 Å². The van der Waals surface area contributed by atoms with Gasteiger partial charge >= 0.3 is 10.4 Å². The molecule has 0 aliphatic rings. The largest absolute Gasteiger partial charge is 0.400 e. The van der Waals surface area contributed by atoms with Crippen LogP contribution in [0.2, 0.25) is 0 Å². The minimum Gasteiger partial charge on any atom is -0.368 e. The molecule has 6 nitrogen and oxygen atoms in total. The first-order valence-corrected chi connectivity index (χ1v) is 4.82.